The summed E-state index contributed by atoms with van der Waals surface area (Å²) in [6, 6.07) is 1.21. The zero-order valence-corrected chi connectivity index (χ0v) is 14.1. The Morgan fingerprint density at radius 1 is 1.36 bits per heavy atom. The average molecular weight is 356 g/mol. The molecule has 0 amide bonds. The van der Waals surface area contributed by atoms with E-state index in [1.807, 2.05) is 0 Å². The number of aliphatic hydroxyl groups excluding tert-OH is 2. The van der Waals surface area contributed by atoms with Crippen LogP contribution in [0.3, 0.4) is 0 Å². The third-order valence-electron chi connectivity index (χ3n) is 4.78. The summed E-state index contributed by atoms with van der Waals surface area (Å²) in [7, 11) is 0. The zero-order valence-electron chi connectivity index (χ0n) is 14.1. The van der Waals surface area contributed by atoms with Gasteiger partial charge in [0, 0.05) is 25.3 Å². The molecule has 3 rings (SSSR count). The highest BCUT2D eigenvalue weighted by Gasteiger charge is 2.56. The Labute approximate surface area is 144 Å². The molecule has 2 aliphatic heterocycles. The number of nitrogens with zero attached hydrogens (tertiary/aromatic N) is 1. The van der Waals surface area contributed by atoms with Crippen molar-refractivity contribution in [3.05, 3.63) is 33.1 Å². The van der Waals surface area contributed by atoms with Gasteiger partial charge in [-0.25, -0.2) is 4.79 Å². The smallest absolute Gasteiger partial charge is 0.330 e. The Morgan fingerprint density at radius 3 is 2.72 bits per heavy atom. The van der Waals surface area contributed by atoms with E-state index in [0.29, 0.717) is 13.0 Å². The predicted octanol–water partition coefficient (Wildman–Crippen LogP) is -0.519. The molecule has 0 spiro atoms. The maximum atomic E-state index is 12.2. The van der Waals surface area contributed by atoms with Gasteiger partial charge in [0.15, 0.2) is 12.5 Å². The SMILES string of the molecule is C[C@@]1(OC2CCCCO2)CC(CO)(CO)O[C@H]1n1ccc(=O)[nH]c1=O. The highest BCUT2D eigenvalue weighted by molar-refractivity contribution is 5.02. The van der Waals surface area contributed by atoms with Gasteiger partial charge in [0.1, 0.15) is 11.2 Å². The van der Waals surface area contributed by atoms with Crippen LogP contribution in [0.25, 0.3) is 0 Å². The van der Waals surface area contributed by atoms with Gasteiger partial charge in [-0.1, -0.05) is 0 Å². The normalized spacial score (nSPS) is 32.0. The summed E-state index contributed by atoms with van der Waals surface area (Å²) in [6.07, 6.45) is 2.76. The van der Waals surface area contributed by atoms with Crippen LogP contribution in [0.5, 0.6) is 0 Å². The predicted molar refractivity (Wildman–Crippen MR) is 86.0 cm³/mol. The van der Waals surface area contributed by atoms with Crippen LogP contribution < -0.4 is 11.2 Å². The van der Waals surface area contributed by atoms with Gasteiger partial charge in [-0.3, -0.25) is 14.3 Å². The molecule has 0 aliphatic carbocycles. The molecule has 1 aromatic heterocycles. The molecule has 3 N–H and O–H groups in total. The maximum Gasteiger partial charge on any atom is 0.330 e. The molecule has 1 unspecified atom stereocenters. The summed E-state index contributed by atoms with van der Waals surface area (Å²) in [6.45, 7) is 1.49. The van der Waals surface area contributed by atoms with Crippen LogP contribution in [0.15, 0.2) is 21.9 Å². The summed E-state index contributed by atoms with van der Waals surface area (Å²) < 4.78 is 18.8. The number of hydrogen-bond donors (Lipinski definition) is 3. The first-order valence-electron chi connectivity index (χ1n) is 8.42. The van der Waals surface area contributed by atoms with Crippen molar-refractivity contribution in [1.82, 2.24) is 9.55 Å². The van der Waals surface area contributed by atoms with Crippen molar-refractivity contribution in [3.8, 4) is 0 Å². The fourth-order valence-electron chi connectivity index (χ4n) is 3.53. The molecule has 140 valence electrons. The first-order chi connectivity index (χ1) is 11.9. The standard InChI is InChI=1S/C16H24N2O7/c1-15(24-12-4-2-3-7-23-12)8-16(9-19,10-20)25-13(15)18-6-5-11(21)17-14(18)22/h5-6,12-13,19-20H,2-4,7-10H2,1H3,(H,17,21,22)/t12?,13-,15-/m1/s1. The van der Waals surface area contributed by atoms with Crippen LogP contribution in [0.2, 0.25) is 0 Å². The second kappa shape index (κ2) is 7.00. The molecular weight excluding hydrogens is 332 g/mol. The van der Waals surface area contributed by atoms with E-state index in [-0.39, 0.29) is 6.42 Å². The monoisotopic (exact) mass is 356 g/mol. The second-order valence-electron chi connectivity index (χ2n) is 6.89. The van der Waals surface area contributed by atoms with Crippen LogP contribution >= 0.6 is 0 Å². The van der Waals surface area contributed by atoms with Crippen molar-refractivity contribution in [3.63, 3.8) is 0 Å². The minimum atomic E-state index is -1.25. The molecule has 9 heteroatoms. The number of H-pyrrole nitrogens is 1. The van der Waals surface area contributed by atoms with Crippen LogP contribution in [0.1, 0.15) is 38.8 Å². The molecule has 3 heterocycles. The number of nitrogens with one attached hydrogen (secondary N) is 1. The summed E-state index contributed by atoms with van der Waals surface area (Å²) in [5, 5.41) is 19.4. The number of ether oxygens (including phenoxy) is 3. The van der Waals surface area contributed by atoms with E-state index < -0.39 is 48.2 Å². The third-order valence-corrected chi connectivity index (χ3v) is 4.78. The number of aromatic nitrogens is 2. The molecule has 0 radical (unpaired) electrons. The summed E-state index contributed by atoms with van der Waals surface area (Å²) in [5.74, 6) is 0. The highest BCUT2D eigenvalue weighted by Crippen LogP contribution is 2.46. The van der Waals surface area contributed by atoms with E-state index in [1.54, 1.807) is 6.92 Å². The van der Waals surface area contributed by atoms with Crippen molar-refractivity contribution in [2.24, 2.45) is 0 Å². The highest BCUT2D eigenvalue weighted by atomic mass is 16.7. The zero-order chi connectivity index (χ0) is 18.1. The molecular formula is C16H24N2O7. The van der Waals surface area contributed by atoms with Gasteiger partial charge in [-0.2, -0.15) is 0 Å². The number of rotatable bonds is 5. The fraction of sp³-hybridized carbons (Fsp3) is 0.750. The van der Waals surface area contributed by atoms with Crippen LogP contribution in [-0.2, 0) is 14.2 Å². The van der Waals surface area contributed by atoms with Gasteiger partial charge in [0.2, 0.25) is 0 Å². The van der Waals surface area contributed by atoms with Crippen LogP contribution in [-0.4, -0.2) is 57.1 Å². The average Bonchev–Trinajstić information content (AvgIpc) is 2.89. The molecule has 9 nitrogen and oxygen atoms in total. The van der Waals surface area contributed by atoms with Gasteiger partial charge >= 0.3 is 5.69 Å². The van der Waals surface area contributed by atoms with Crippen molar-refractivity contribution < 1.29 is 24.4 Å². The first-order valence-corrected chi connectivity index (χ1v) is 8.42. The third kappa shape index (κ3) is 3.56. The minimum Gasteiger partial charge on any atom is -0.393 e. The summed E-state index contributed by atoms with van der Waals surface area (Å²) in [5.41, 5.74) is -3.45. The van der Waals surface area contributed by atoms with Crippen molar-refractivity contribution in [1.29, 1.82) is 0 Å². The van der Waals surface area contributed by atoms with E-state index in [9.17, 15) is 19.8 Å². The van der Waals surface area contributed by atoms with Crippen molar-refractivity contribution in [2.75, 3.05) is 19.8 Å². The molecule has 0 saturated carbocycles. The maximum absolute atomic E-state index is 12.2. The van der Waals surface area contributed by atoms with E-state index >= 15 is 0 Å². The lowest BCUT2D eigenvalue weighted by atomic mass is 9.91. The quantitative estimate of drug-likeness (QED) is 0.649. The molecule has 25 heavy (non-hydrogen) atoms. The molecule has 2 saturated heterocycles. The topological polar surface area (TPSA) is 123 Å². The van der Waals surface area contributed by atoms with E-state index in [0.717, 1.165) is 12.8 Å². The van der Waals surface area contributed by atoms with E-state index in [2.05, 4.69) is 4.98 Å². The Bertz CT molecular complexity index is 705. The van der Waals surface area contributed by atoms with Gasteiger partial charge in [0.05, 0.1) is 13.2 Å². The molecule has 3 atom stereocenters. The Morgan fingerprint density at radius 2 is 2.12 bits per heavy atom. The van der Waals surface area contributed by atoms with E-state index in [1.165, 1.54) is 16.8 Å². The van der Waals surface area contributed by atoms with Crippen LogP contribution in [0, 0.1) is 0 Å². The minimum absolute atomic E-state index is 0.170. The van der Waals surface area contributed by atoms with Gasteiger partial charge in [-0.15, -0.1) is 0 Å². The molecule has 0 bridgehead atoms. The summed E-state index contributed by atoms with van der Waals surface area (Å²) in [4.78, 5) is 25.7. The van der Waals surface area contributed by atoms with E-state index in [4.69, 9.17) is 14.2 Å². The lowest BCUT2D eigenvalue weighted by Gasteiger charge is -2.35. The largest absolute Gasteiger partial charge is 0.393 e. The van der Waals surface area contributed by atoms with Crippen molar-refractivity contribution >= 4 is 0 Å². The molecule has 2 aliphatic rings. The number of aliphatic hydroxyl groups is 2. The van der Waals surface area contributed by atoms with Crippen molar-refractivity contribution in [2.45, 2.75) is 56.3 Å². The van der Waals surface area contributed by atoms with Gasteiger partial charge in [-0.05, 0) is 26.2 Å². The first kappa shape index (κ1) is 18.3. The van der Waals surface area contributed by atoms with Crippen LogP contribution in [0.4, 0.5) is 0 Å². The molecule has 1 aromatic rings. The Kier molecular flexibility index (Phi) is 5.12. The molecule has 2 fully saturated rings. The molecule has 0 aromatic carbocycles. The lowest BCUT2D eigenvalue weighted by Crippen LogP contribution is -2.45. The number of hydrogen-bond acceptors (Lipinski definition) is 7. The Balaban J connectivity index is 1.96. The van der Waals surface area contributed by atoms with Gasteiger partial charge in [0.25, 0.3) is 5.56 Å². The lowest BCUT2D eigenvalue weighted by molar-refractivity contribution is -0.243. The number of aromatic amines is 1. The Hall–Kier alpha value is -1.52. The van der Waals surface area contributed by atoms with Gasteiger partial charge < -0.3 is 24.4 Å². The summed E-state index contributed by atoms with van der Waals surface area (Å²) >= 11 is 0. The fourth-order valence-corrected chi connectivity index (χ4v) is 3.53. The second-order valence-corrected chi connectivity index (χ2v) is 6.89.